The molecule has 0 saturated carbocycles. The summed E-state index contributed by atoms with van der Waals surface area (Å²) >= 11 is 3.28. The Morgan fingerprint density at radius 2 is 2.06 bits per heavy atom. The van der Waals surface area contributed by atoms with E-state index in [1.54, 1.807) is 18.2 Å². The summed E-state index contributed by atoms with van der Waals surface area (Å²) in [5, 5.41) is 0. The second kappa shape index (κ2) is 6.40. The number of halogens is 4. The van der Waals surface area contributed by atoms with Gasteiger partial charge in [0.15, 0.2) is 0 Å². The fraction of sp³-hybridized carbons (Fsp3) is 0.455. The van der Waals surface area contributed by atoms with Gasteiger partial charge in [0.25, 0.3) is 0 Å². The van der Waals surface area contributed by atoms with Crippen LogP contribution in [-0.2, 0) is 4.74 Å². The zero-order chi connectivity index (χ0) is 13.8. The van der Waals surface area contributed by atoms with Gasteiger partial charge >= 0.3 is 6.18 Å². The summed E-state index contributed by atoms with van der Waals surface area (Å²) in [5.41, 5.74) is 6.42. The summed E-state index contributed by atoms with van der Waals surface area (Å²) in [4.78, 5) is 0. The Kier molecular flexibility index (Phi) is 5.43. The molecule has 0 aliphatic heterocycles. The molecule has 0 aliphatic rings. The molecule has 1 atom stereocenters. The fourth-order valence-corrected chi connectivity index (χ4v) is 1.98. The van der Waals surface area contributed by atoms with Gasteiger partial charge in [-0.05, 0) is 17.7 Å². The van der Waals surface area contributed by atoms with Gasteiger partial charge in [-0.25, -0.2) is 0 Å². The second-order valence-electron chi connectivity index (χ2n) is 3.62. The van der Waals surface area contributed by atoms with Gasteiger partial charge in [0.2, 0.25) is 0 Å². The Hall–Kier alpha value is -0.790. The predicted molar refractivity (Wildman–Crippen MR) is 64.5 cm³/mol. The third-order valence-corrected chi connectivity index (χ3v) is 2.86. The summed E-state index contributed by atoms with van der Waals surface area (Å²) in [7, 11) is 1.52. The van der Waals surface area contributed by atoms with Crippen LogP contribution >= 0.6 is 15.9 Å². The van der Waals surface area contributed by atoms with E-state index in [-0.39, 0.29) is 6.61 Å². The van der Waals surface area contributed by atoms with Gasteiger partial charge in [-0.1, -0.05) is 22.0 Å². The van der Waals surface area contributed by atoms with Crippen molar-refractivity contribution in [2.75, 3.05) is 20.3 Å². The molecule has 1 unspecified atom stereocenters. The highest BCUT2D eigenvalue weighted by molar-refractivity contribution is 9.10. The van der Waals surface area contributed by atoms with Crippen molar-refractivity contribution >= 4 is 15.9 Å². The lowest BCUT2D eigenvalue weighted by Gasteiger charge is -2.15. The zero-order valence-corrected chi connectivity index (χ0v) is 11.2. The number of hydrogen-bond donors (Lipinski definition) is 1. The molecule has 0 heterocycles. The minimum absolute atomic E-state index is 0.204. The molecule has 0 spiro atoms. The van der Waals surface area contributed by atoms with Crippen molar-refractivity contribution in [1.29, 1.82) is 0 Å². The van der Waals surface area contributed by atoms with Gasteiger partial charge < -0.3 is 15.2 Å². The standard InChI is InChI=1S/C11H13BrF3NO2/c1-17-7-2-3-8(9(12)4-7)10(16)5-18-6-11(13,14)15/h2-4,10H,5-6,16H2,1H3. The number of alkyl halides is 3. The highest BCUT2D eigenvalue weighted by atomic mass is 79.9. The van der Waals surface area contributed by atoms with Crippen LogP contribution in [0.5, 0.6) is 5.75 Å². The van der Waals surface area contributed by atoms with Crippen LogP contribution in [0, 0.1) is 0 Å². The van der Waals surface area contributed by atoms with Crippen molar-refractivity contribution in [3.8, 4) is 5.75 Å². The molecule has 1 rings (SSSR count). The second-order valence-corrected chi connectivity index (χ2v) is 4.48. The van der Waals surface area contributed by atoms with E-state index >= 15 is 0 Å². The Labute approximate surface area is 111 Å². The normalized spacial score (nSPS) is 13.4. The molecule has 102 valence electrons. The number of nitrogens with two attached hydrogens (primary N) is 1. The number of hydrogen-bond acceptors (Lipinski definition) is 3. The minimum Gasteiger partial charge on any atom is -0.497 e. The first-order valence-electron chi connectivity index (χ1n) is 5.07. The SMILES string of the molecule is COc1ccc(C(N)COCC(F)(F)F)c(Br)c1. The molecule has 0 fully saturated rings. The van der Waals surface area contributed by atoms with Crippen LogP contribution in [0.4, 0.5) is 13.2 Å². The molecule has 0 aromatic heterocycles. The van der Waals surface area contributed by atoms with E-state index in [2.05, 4.69) is 20.7 Å². The van der Waals surface area contributed by atoms with Gasteiger partial charge in [0.05, 0.1) is 19.8 Å². The molecule has 7 heteroatoms. The summed E-state index contributed by atoms with van der Waals surface area (Å²) in [5.74, 6) is 0.633. The lowest BCUT2D eigenvalue weighted by atomic mass is 10.1. The average molecular weight is 328 g/mol. The summed E-state index contributed by atoms with van der Waals surface area (Å²) in [6.45, 7) is -1.50. The summed E-state index contributed by atoms with van der Waals surface area (Å²) in [6.07, 6.45) is -4.34. The summed E-state index contributed by atoms with van der Waals surface area (Å²) < 4.78 is 45.9. The van der Waals surface area contributed by atoms with Crippen molar-refractivity contribution in [3.05, 3.63) is 28.2 Å². The van der Waals surface area contributed by atoms with Crippen LogP contribution in [0.2, 0.25) is 0 Å². The largest absolute Gasteiger partial charge is 0.497 e. The van der Waals surface area contributed by atoms with Gasteiger partial charge in [-0.2, -0.15) is 13.2 Å². The Morgan fingerprint density at radius 1 is 1.39 bits per heavy atom. The van der Waals surface area contributed by atoms with Crippen molar-refractivity contribution in [2.24, 2.45) is 5.73 Å². The van der Waals surface area contributed by atoms with Crippen LogP contribution in [0.3, 0.4) is 0 Å². The maximum atomic E-state index is 11.9. The summed E-state index contributed by atoms with van der Waals surface area (Å²) in [6, 6.07) is 4.43. The van der Waals surface area contributed by atoms with E-state index in [1.807, 2.05) is 0 Å². The first-order chi connectivity index (χ1) is 8.33. The zero-order valence-electron chi connectivity index (χ0n) is 9.63. The van der Waals surface area contributed by atoms with Crippen molar-refractivity contribution in [3.63, 3.8) is 0 Å². The molecule has 0 amide bonds. The Morgan fingerprint density at radius 3 is 2.56 bits per heavy atom. The van der Waals surface area contributed by atoms with Gasteiger partial charge in [-0.15, -0.1) is 0 Å². The quantitative estimate of drug-likeness (QED) is 0.904. The molecule has 0 saturated heterocycles. The van der Waals surface area contributed by atoms with Gasteiger partial charge in [-0.3, -0.25) is 0 Å². The molecule has 0 radical (unpaired) electrons. The Balaban J connectivity index is 2.59. The number of methoxy groups -OCH3 is 1. The average Bonchev–Trinajstić information content (AvgIpc) is 2.26. The molecule has 3 nitrogen and oxygen atoms in total. The van der Waals surface area contributed by atoms with E-state index in [1.165, 1.54) is 7.11 Å². The number of rotatable bonds is 5. The molecule has 1 aromatic rings. The van der Waals surface area contributed by atoms with Crippen LogP contribution in [-0.4, -0.2) is 26.5 Å². The minimum atomic E-state index is -4.34. The number of ether oxygens (including phenoxy) is 2. The predicted octanol–water partition coefficient (Wildman–Crippen LogP) is 3.04. The molecular weight excluding hydrogens is 315 g/mol. The van der Waals surface area contributed by atoms with Gasteiger partial charge in [0, 0.05) is 4.47 Å². The lowest BCUT2D eigenvalue weighted by Crippen LogP contribution is -2.23. The molecule has 18 heavy (non-hydrogen) atoms. The van der Waals surface area contributed by atoms with Crippen LogP contribution in [0.15, 0.2) is 22.7 Å². The third kappa shape index (κ3) is 4.83. The van der Waals surface area contributed by atoms with E-state index in [0.29, 0.717) is 15.8 Å². The van der Waals surface area contributed by atoms with E-state index in [0.717, 1.165) is 0 Å². The highest BCUT2D eigenvalue weighted by Gasteiger charge is 2.27. The van der Waals surface area contributed by atoms with Crippen LogP contribution < -0.4 is 10.5 Å². The van der Waals surface area contributed by atoms with Crippen molar-refractivity contribution in [1.82, 2.24) is 0 Å². The van der Waals surface area contributed by atoms with Crippen LogP contribution in [0.1, 0.15) is 11.6 Å². The third-order valence-electron chi connectivity index (χ3n) is 2.17. The topological polar surface area (TPSA) is 44.5 Å². The maximum absolute atomic E-state index is 11.9. The van der Waals surface area contributed by atoms with E-state index in [9.17, 15) is 13.2 Å². The number of benzene rings is 1. The molecule has 0 bridgehead atoms. The van der Waals surface area contributed by atoms with Crippen molar-refractivity contribution < 1.29 is 22.6 Å². The molecular formula is C11H13BrF3NO2. The first kappa shape index (κ1) is 15.3. The van der Waals surface area contributed by atoms with E-state index in [4.69, 9.17) is 10.5 Å². The molecule has 1 aromatic carbocycles. The highest BCUT2D eigenvalue weighted by Crippen LogP contribution is 2.27. The van der Waals surface area contributed by atoms with Gasteiger partial charge in [0.1, 0.15) is 12.4 Å². The maximum Gasteiger partial charge on any atom is 0.411 e. The van der Waals surface area contributed by atoms with E-state index < -0.39 is 18.8 Å². The monoisotopic (exact) mass is 327 g/mol. The fourth-order valence-electron chi connectivity index (χ4n) is 1.33. The molecule has 0 aliphatic carbocycles. The molecule has 2 N–H and O–H groups in total. The van der Waals surface area contributed by atoms with Crippen molar-refractivity contribution in [2.45, 2.75) is 12.2 Å². The lowest BCUT2D eigenvalue weighted by molar-refractivity contribution is -0.174. The smallest absolute Gasteiger partial charge is 0.411 e. The Bertz CT molecular complexity index is 398. The van der Waals surface area contributed by atoms with Crippen LogP contribution in [0.25, 0.3) is 0 Å². The first-order valence-corrected chi connectivity index (χ1v) is 5.86.